The van der Waals surface area contributed by atoms with E-state index in [2.05, 4.69) is 11.4 Å². The number of methoxy groups -OCH3 is 1. The van der Waals surface area contributed by atoms with Gasteiger partial charge in [0, 0.05) is 32.4 Å². The van der Waals surface area contributed by atoms with E-state index in [9.17, 15) is 0 Å². The standard InChI is InChI=1S/C16H23NO3/c1-18-8-7-16(5-6-16)12-17-11-13-3-2-4-14-15(13)20-10-9-19-14/h2-4,17H,5-12H2,1H3. The van der Waals surface area contributed by atoms with Gasteiger partial charge in [0.15, 0.2) is 11.5 Å². The van der Waals surface area contributed by atoms with Crippen LogP contribution in [0, 0.1) is 5.41 Å². The molecule has 1 fully saturated rings. The Morgan fingerprint density at radius 3 is 2.90 bits per heavy atom. The van der Waals surface area contributed by atoms with E-state index in [-0.39, 0.29) is 0 Å². The Balaban J connectivity index is 1.54. The highest BCUT2D eigenvalue weighted by atomic mass is 16.6. The van der Waals surface area contributed by atoms with Crippen molar-refractivity contribution in [1.29, 1.82) is 0 Å². The number of hydrogen-bond acceptors (Lipinski definition) is 4. The van der Waals surface area contributed by atoms with Gasteiger partial charge >= 0.3 is 0 Å². The Morgan fingerprint density at radius 2 is 2.10 bits per heavy atom. The van der Waals surface area contributed by atoms with Crippen molar-refractivity contribution in [3.63, 3.8) is 0 Å². The Labute approximate surface area is 120 Å². The highest BCUT2D eigenvalue weighted by Gasteiger charge is 2.41. The summed E-state index contributed by atoms with van der Waals surface area (Å²) in [5, 5.41) is 3.57. The van der Waals surface area contributed by atoms with Crippen molar-refractivity contribution in [2.45, 2.75) is 25.8 Å². The lowest BCUT2D eigenvalue weighted by atomic mass is 10.0. The van der Waals surface area contributed by atoms with Gasteiger partial charge < -0.3 is 19.5 Å². The van der Waals surface area contributed by atoms with E-state index in [1.165, 1.54) is 18.4 Å². The van der Waals surface area contributed by atoms with Gasteiger partial charge in [0.25, 0.3) is 0 Å². The van der Waals surface area contributed by atoms with E-state index >= 15 is 0 Å². The molecular formula is C16H23NO3. The highest BCUT2D eigenvalue weighted by Crippen LogP contribution is 2.48. The fraction of sp³-hybridized carbons (Fsp3) is 0.625. The summed E-state index contributed by atoms with van der Waals surface area (Å²) in [5.74, 6) is 1.78. The van der Waals surface area contributed by atoms with E-state index in [1.807, 2.05) is 12.1 Å². The molecule has 1 saturated carbocycles. The predicted octanol–water partition coefficient (Wildman–Crippen LogP) is 2.36. The molecule has 0 aromatic heterocycles. The van der Waals surface area contributed by atoms with Crippen LogP contribution in [0.25, 0.3) is 0 Å². The molecule has 0 amide bonds. The lowest BCUT2D eigenvalue weighted by molar-refractivity contribution is 0.168. The van der Waals surface area contributed by atoms with E-state index in [4.69, 9.17) is 14.2 Å². The average molecular weight is 277 g/mol. The van der Waals surface area contributed by atoms with Gasteiger partial charge in [-0.2, -0.15) is 0 Å². The summed E-state index contributed by atoms with van der Waals surface area (Å²) in [6, 6.07) is 6.11. The Morgan fingerprint density at radius 1 is 1.25 bits per heavy atom. The second kappa shape index (κ2) is 6.02. The van der Waals surface area contributed by atoms with E-state index in [0.29, 0.717) is 18.6 Å². The first kappa shape index (κ1) is 13.7. The van der Waals surface area contributed by atoms with Crippen molar-refractivity contribution in [2.75, 3.05) is 33.5 Å². The number of nitrogens with one attached hydrogen (secondary N) is 1. The van der Waals surface area contributed by atoms with Crippen LogP contribution >= 0.6 is 0 Å². The van der Waals surface area contributed by atoms with Crippen molar-refractivity contribution in [1.82, 2.24) is 5.32 Å². The molecule has 4 heteroatoms. The van der Waals surface area contributed by atoms with Crippen LogP contribution in [0.5, 0.6) is 11.5 Å². The zero-order chi connectivity index (χ0) is 13.8. The van der Waals surface area contributed by atoms with Crippen LogP contribution in [0.2, 0.25) is 0 Å². The number of ether oxygens (including phenoxy) is 3. The molecule has 0 atom stereocenters. The van der Waals surface area contributed by atoms with Crippen molar-refractivity contribution in [3.05, 3.63) is 23.8 Å². The summed E-state index contributed by atoms with van der Waals surface area (Å²) in [6.07, 6.45) is 3.79. The molecule has 0 bridgehead atoms. The first-order chi connectivity index (χ1) is 9.83. The molecule has 1 N–H and O–H groups in total. The first-order valence-corrected chi connectivity index (χ1v) is 7.40. The zero-order valence-electron chi connectivity index (χ0n) is 12.1. The molecule has 1 aliphatic heterocycles. The topological polar surface area (TPSA) is 39.7 Å². The summed E-state index contributed by atoms with van der Waals surface area (Å²) >= 11 is 0. The van der Waals surface area contributed by atoms with Gasteiger partial charge in [0.1, 0.15) is 13.2 Å². The van der Waals surface area contributed by atoms with E-state index in [0.717, 1.165) is 37.6 Å². The minimum Gasteiger partial charge on any atom is -0.486 e. The number of fused-ring (bicyclic) bond motifs is 1. The molecule has 2 aliphatic rings. The molecule has 3 rings (SSSR count). The zero-order valence-corrected chi connectivity index (χ0v) is 12.1. The van der Waals surface area contributed by atoms with Crippen LogP contribution in [0.4, 0.5) is 0 Å². The monoisotopic (exact) mass is 277 g/mol. The van der Waals surface area contributed by atoms with Crippen LogP contribution in [-0.4, -0.2) is 33.5 Å². The quantitative estimate of drug-likeness (QED) is 0.830. The summed E-state index contributed by atoms with van der Waals surface area (Å²) in [5.41, 5.74) is 1.66. The van der Waals surface area contributed by atoms with E-state index in [1.54, 1.807) is 7.11 Å². The maximum absolute atomic E-state index is 5.73. The third-order valence-corrected chi connectivity index (χ3v) is 4.26. The third kappa shape index (κ3) is 3.07. The Hall–Kier alpha value is -1.26. The molecule has 0 spiro atoms. The first-order valence-electron chi connectivity index (χ1n) is 7.40. The molecule has 1 aromatic rings. The fourth-order valence-corrected chi connectivity index (χ4v) is 2.75. The van der Waals surface area contributed by atoms with Gasteiger partial charge in [-0.05, 0) is 30.7 Å². The van der Waals surface area contributed by atoms with Gasteiger partial charge in [-0.15, -0.1) is 0 Å². The molecule has 0 saturated heterocycles. The van der Waals surface area contributed by atoms with Crippen LogP contribution in [0.1, 0.15) is 24.8 Å². The maximum atomic E-state index is 5.73. The minimum atomic E-state index is 0.474. The average Bonchev–Trinajstić information content (AvgIpc) is 3.26. The lowest BCUT2D eigenvalue weighted by Gasteiger charge is -2.22. The van der Waals surface area contributed by atoms with Gasteiger partial charge in [-0.3, -0.25) is 0 Å². The summed E-state index contributed by atoms with van der Waals surface area (Å²) < 4.78 is 16.5. The SMILES string of the molecule is COCCC1(CNCc2cccc3c2OCCO3)CC1. The molecule has 1 aliphatic carbocycles. The largest absolute Gasteiger partial charge is 0.486 e. The van der Waals surface area contributed by atoms with Gasteiger partial charge in [0.05, 0.1) is 0 Å². The summed E-state index contributed by atoms with van der Waals surface area (Å²) in [4.78, 5) is 0. The Bertz CT molecular complexity index is 457. The van der Waals surface area contributed by atoms with Crippen molar-refractivity contribution < 1.29 is 14.2 Å². The summed E-state index contributed by atoms with van der Waals surface area (Å²) in [6.45, 7) is 4.04. The van der Waals surface area contributed by atoms with Crippen LogP contribution in [-0.2, 0) is 11.3 Å². The molecular weight excluding hydrogens is 254 g/mol. The van der Waals surface area contributed by atoms with Gasteiger partial charge in [-0.1, -0.05) is 12.1 Å². The van der Waals surface area contributed by atoms with E-state index < -0.39 is 0 Å². The van der Waals surface area contributed by atoms with Gasteiger partial charge in [0.2, 0.25) is 0 Å². The number of rotatable bonds is 7. The van der Waals surface area contributed by atoms with Crippen LogP contribution in [0.3, 0.4) is 0 Å². The number of para-hydroxylation sites is 1. The smallest absolute Gasteiger partial charge is 0.165 e. The lowest BCUT2D eigenvalue weighted by Crippen LogP contribution is -2.25. The second-order valence-corrected chi connectivity index (χ2v) is 5.79. The molecule has 1 aromatic carbocycles. The number of benzene rings is 1. The normalized spacial score (nSPS) is 18.9. The number of hydrogen-bond donors (Lipinski definition) is 1. The summed E-state index contributed by atoms with van der Waals surface area (Å²) in [7, 11) is 1.77. The molecule has 110 valence electrons. The minimum absolute atomic E-state index is 0.474. The van der Waals surface area contributed by atoms with Crippen LogP contribution in [0.15, 0.2) is 18.2 Å². The van der Waals surface area contributed by atoms with Gasteiger partial charge in [-0.25, -0.2) is 0 Å². The molecule has 1 heterocycles. The van der Waals surface area contributed by atoms with Crippen molar-refractivity contribution in [2.24, 2.45) is 5.41 Å². The molecule has 0 radical (unpaired) electrons. The molecule has 4 nitrogen and oxygen atoms in total. The van der Waals surface area contributed by atoms with Crippen molar-refractivity contribution in [3.8, 4) is 11.5 Å². The molecule has 0 unspecified atom stereocenters. The third-order valence-electron chi connectivity index (χ3n) is 4.26. The fourth-order valence-electron chi connectivity index (χ4n) is 2.75. The maximum Gasteiger partial charge on any atom is 0.165 e. The van der Waals surface area contributed by atoms with Crippen molar-refractivity contribution >= 4 is 0 Å². The predicted molar refractivity (Wildman–Crippen MR) is 77.3 cm³/mol. The highest BCUT2D eigenvalue weighted by molar-refractivity contribution is 5.47. The second-order valence-electron chi connectivity index (χ2n) is 5.79. The Kier molecular flexibility index (Phi) is 4.13. The molecule has 20 heavy (non-hydrogen) atoms. The van der Waals surface area contributed by atoms with Crippen LogP contribution < -0.4 is 14.8 Å².